The zero-order valence-corrected chi connectivity index (χ0v) is 14.8. The number of hydrogen-bond acceptors (Lipinski definition) is 7. The summed E-state index contributed by atoms with van der Waals surface area (Å²) in [6.07, 6.45) is 1.34. The van der Waals surface area contributed by atoms with Crippen LogP contribution in [0, 0.1) is 11.7 Å². The van der Waals surface area contributed by atoms with E-state index in [1.54, 1.807) is 24.4 Å². The van der Waals surface area contributed by atoms with E-state index in [-0.39, 0.29) is 42.1 Å². The van der Waals surface area contributed by atoms with Gasteiger partial charge in [-0.3, -0.25) is 4.79 Å². The van der Waals surface area contributed by atoms with Gasteiger partial charge in [0.25, 0.3) is 0 Å². The van der Waals surface area contributed by atoms with Gasteiger partial charge < -0.3 is 19.3 Å². The molecule has 1 saturated carbocycles. The van der Waals surface area contributed by atoms with E-state index in [0.29, 0.717) is 23.0 Å². The normalized spacial score (nSPS) is 21.4. The molecule has 5 rings (SSSR count). The van der Waals surface area contributed by atoms with Gasteiger partial charge in [-0.1, -0.05) is 5.16 Å². The largest absolute Gasteiger partial charge is 0.489 e. The molecule has 0 radical (unpaired) electrons. The fourth-order valence-electron chi connectivity index (χ4n) is 3.50. The number of nitrogens with one attached hydrogen (secondary N) is 1. The Bertz CT molecular complexity index is 1050. The van der Waals surface area contributed by atoms with E-state index in [9.17, 15) is 9.18 Å². The second-order valence-corrected chi connectivity index (χ2v) is 6.63. The predicted octanol–water partition coefficient (Wildman–Crippen LogP) is 2.07. The first kappa shape index (κ1) is 16.7. The number of ether oxygens (including phenoxy) is 2. The van der Waals surface area contributed by atoms with Gasteiger partial charge in [-0.05, 0) is 24.3 Å². The molecule has 1 aliphatic carbocycles. The number of methoxy groups -OCH3 is 1. The number of aromatic nitrogens is 3. The minimum atomic E-state index is -0.333. The van der Waals surface area contributed by atoms with E-state index in [1.807, 2.05) is 0 Å². The standard InChI is InChI=1S/C19H15FN4O4/c1-26-13-5-2-9(7-21-13)18-23-14(28-24-18)8-22-19(25)16-15-11-6-10(20)3-4-12(11)27-17(15)16/h2-7,15-17H,8H2,1H3,(H,22,25). The topological polar surface area (TPSA) is 99.4 Å². The molecular formula is C19H15FN4O4. The number of pyridine rings is 1. The molecule has 3 atom stereocenters. The highest BCUT2D eigenvalue weighted by atomic mass is 19.1. The maximum Gasteiger partial charge on any atom is 0.246 e. The summed E-state index contributed by atoms with van der Waals surface area (Å²) in [6.45, 7) is 0.0986. The average Bonchev–Trinajstić information content (AvgIpc) is 3.05. The molecule has 3 heterocycles. The molecule has 3 aromatic rings. The molecule has 142 valence electrons. The Morgan fingerprint density at radius 1 is 1.32 bits per heavy atom. The molecule has 1 aliphatic heterocycles. The van der Waals surface area contributed by atoms with Crippen LogP contribution in [0.25, 0.3) is 11.4 Å². The van der Waals surface area contributed by atoms with Gasteiger partial charge >= 0.3 is 0 Å². The summed E-state index contributed by atoms with van der Waals surface area (Å²) in [4.78, 5) is 20.8. The molecule has 0 spiro atoms. The number of fused-ring (bicyclic) bond motifs is 3. The van der Waals surface area contributed by atoms with Crippen molar-refractivity contribution in [3.8, 4) is 23.0 Å². The van der Waals surface area contributed by atoms with E-state index >= 15 is 0 Å². The quantitative estimate of drug-likeness (QED) is 0.721. The van der Waals surface area contributed by atoms with Crippen LogP contribution in [0.2, 0.25) is 0 Å². The van der Waals surface area contributed by atoms with E-state index in [1.165, 1.54) is 19.2 Å². The third kappa shape index (κ3) is 2.75. The van der Waals surface area contributed by atoms with Crippen LogP contribution >= 0.6 is 0 Å². The summed E-state index contributed by atoms with van der Waals surface area (Å²) < 4.78 is 29.3. The number of benzene rings is 1. The molecule has 0 bridgehead atoms. The van der Waals surface area contributed by atoms with E-state index in [2.05, 4.69) is 20.4 Å². The second-order valence-electron chi connectivity index (χ2n) is 6.63. The van der Waals surface area contributed by atoms with Gasteiger partial charge in [0.05, 0.1) is 19.6 Å². The van der Waals surface area contributed by atoms with Crippen LogP contribution in [0.3, 0.4) is 0 Å². The van der Waals surface area contributed by atoms with Crippen LogP contribution < -0.4 is 14.8 Å². The molecule has 28 heavy (non-hydrogen) atoms. The van der Waals surface area contributed by atoms with Crippen LogP contribution in [-0.2, 0) is 11.3 Å². The van der Waals surface area contributed by atoms with Crippen molar-refractivity contribution in [2.75, 3.05) is 7.11 Å². The Morgan fingerprint density at radius 3 is 3.00 bits per heavy atom. The van der Waals surface area contributed by atoms with Crippen LogP contribution in [0.4, 0.5) is 4.39 Å². The Balaban J connectivity index is 1.21. The van der Waals surface area contributed by atoms with Gasteiger partial charge in [0.1, 0.15) is 17.7 Å². The first-order chi connectivity index (χ1) is 13.6. The lowest BCUT2D eigenvalue weighted by atomic mass is 10.1. The lowest BCUT2D eigenvalue weighted by Crippen LogP contribution is -2.27. The molecule has 1 fully saturated rings. The molecule has 3 unspecified atom stereocenters. The number of carbonyl (C=O) groups excluding carboxylic acids is 1. The average molecular weight is 382 g/mol. The molecule has 8 nitrogen and oxygen atoms in total. The number of rotatable bonds is 5. The summed E-state index contributed by atoms with van der Waals surface area (Å²) in [6, 6.07) is 7.84. The number of amides is 1. The van der Waals surface area contributed by atoms with Crippen molar-refractivity contribution in [3.63, 3.8) is 0 Å². The zero-order valence-electron chi connectivity index (χ0n) is 14.8. The molecule has 9 heteroatoms. The van der Waals surface area contributed by atoms with Crippen LogP contribution in [0.5, 0.6) is 11.6 Å². The molecule has 0 saturated heterocycles. The van der Waals surface area contributed by atoms with Crippen LogP contribution in [0.15, 0.2) is 41.1 Å². The highest BCUT2D eigenvalue weighted by Crippen LogP contribution is 2.58. The van der Waals surface area contributed by atoms with Crippen molar-refractivity contribution in [2.24, 2.45) is 5.92 Å². The first-order valence-electron chi connectivity index (χ1n) is 8.71. The molecule has 1 amide bonds. The summed E-state index contributed by atoms with van der Waals surface area (Å²) in [5, 5.41) is 6.67. The van der Waals surface area contributed by atoms with Gasteiger partial charge in [-0.25, -0.2) is 9.37 Å². The van der Waals surface area contributed by atoms with E-state index in [4.69, 9.17) is 14.0 Å². The number of carbonyl (C=O) groups is 1. The predicted molar refractivity (Wildman–Crippen MR) is 93.0 cm³/mol. The minimum Gasteiger partial charge on any atom is -0.489 e. The number of halogens is 1. The van der Waals surface area contributed by atoms with Crippen molar-refractivity contribution in [1.29, 1.82) is 0 Å². The summed E-state index contributed by atoms with van der Waals surface area (Å²) in [7, 11) is 1.53. The Kier molecular flexibility index (Phi) is 3.75. The van der Waals surface area contributed by atoms with Crippen LogP contribution in [0.1, 0.15) is 17.4 Å². The molecule has 1 N–H and O–H groups in total. The lowest BCUT2D eigenvalue weighted by Gasteiger charge is -2.08. The fourth-order valence-corrected chi connectivity index (χ4v) is 3.50. The maximum absolute atomic E-state index is 13.4. The second kappa shape index (κ2) is 6.29. The zero-order chi connectivity index (χ0) is 19.3. The van der Waals surface area contributed by atoms with Crippen molar-refractivity contribution < 1.29 is 23.2 Å². The molecule has 2 aliphatic rings. The first-order valence-corrected chi connectivity index (χ1v) is 8.71. The smallest absolute Gasteiger partial charge is 0.246 e. The highest BCUT2D eigenvalue weighted by molar-refractivity contribution is 5.85. The van der Waals surface area contributed by atoms with Crippen LogP contribution in [-0.4, -0.2) is 34.2 Å². The van der Waals surface area contributed by atoms with E-state index < -0.39 is 0 Å². The van der Waals surface area contributed by atoms with Crippen molar-refractivity contribution in [2.45, 2.75) is 18.6 Å². The van der Waals surface area contributed by atoms with Gasteiger partial charge in [-0.15, -0.1) is 0 Å². The van der Waals surface area contributed by atoms with Crippen molar-refractivity contribution in [3.05, 3.63) is 53.8 Å². The number of nitrogens with zero attached hydrogens (tertiary/aromatic N) is 3. The fraction of sp³-hybridized carbons (Fsp3) is 0.263. The third-order valence-electron chi connectivity index (χ3n) is 4.94. The Labute approximate surface area is 158 Å². The summed E-state index contributed by atoms with van der Waals surface area (Å²) >= 11 is 0. The third-order valence-corrected chi connectivity index (χ3v) is 4.94. The molecule has 1 aromatic carbocycles. The Hall–Kier alpha value is -3.49. The highest BCUT2D eigenvalue weighted by Gasteiger charge is 2.62. The lowest BCUT2D eigenvalue weighted by molar-refractivity contribution is -0.123. The molecule has 2 aromatic heterocycles. The molecular weight excluding hydrogens is 367 g/mol. The van der Waals surface area contributed by atoms with Crippen molar-refractivity contribution >= 4 is 5.91 Å². The van der Waals surface area contributed by atoms with E-state index in [0.717, 1.165) is 5.56 Å². The minimum absolute atomic E-state index is 0.0986. The van der Waals surface area contributed by atoms with Gasteiger partial charge in [0, 0.05) is 29.3 Å². The summed E-state index contributed by atoms with van der Waals surface area (Å²) in [5.74, 6) is 0.828. The SMILES string of the molecule is COc1ccc(-c2noc(CNC(=O)C3C4Oc5ccc(F)cc5C43)n2)cn1. The van der Waals surface area contributed by atoms with Gasteiger partial charge in [-0.2, -0.15) is 4.98 Å². The number of hydrogen-bond donors (Lipinski definition) is 1. The summed E-state index contributed by atoms with van der Waals surface area (Å²) in [5.41, 5.74) is 1.42. The maximum atomic E-state index is 13.4. The van der Waals surface area contributed by atoms with Gasteiger partial charge in [0.2, 0.25) is 23.5 Å². The van der Waals surface area contributed by atoms with Crippen molar-refractivity contribution in [1.82, 2.24) is 20.4 Å². The monoisotopic (exact) mass is 382 g/mol. The van der Waals surface area contributed by atoms with Gasteiger partial charge in [0.15, 0.2) is 0 Å². The Morgan fingerprint density at radius 2 is 2.21 bits per heavy atom.